The van der Waals surface area contributed by atoms with Gasteiger partial charge in [0.2, 0.25) is 5.43 Å². The first-order valence-electron chi connectivity index (χ1n) is 5.29. The first-order valence-corrected chi connectivity index (χ1v) is 5.29. The molecule has 0 amide bonds. The Labute approximate surface area is 106 Å². The fourth-order valence-electron chi connectivity index (χ4n) is 1.94. The lowest BCUT2D eigenvalue weighted by Crippen LogP contribution is -2.09. The largest absolute Gasteiger partial charge is 0.358 e. The zero-order valence-electron chi connectivity index (χ0n) is 10.1. The summed E-state index contributed by atoms with van der Waals surface area (Å²) in [7, 11) is 0. The van der Waals surface area contributed by atoms with E-state index in [9.17, 15) is 25.0 Å². The molecule has 1 heterocycles. The SMILES string of the molecule is Cc1cc2[nH]c([N+](=O)[O-])cc(=O)c2c([N+](=O)[O-])c1C. The van der Waals surface area contributed by atoms with E-state index in [4.69, 9.17) is 0 Å². The highest BCUT2D eigenvalue weighted by Gasteiger charge is 2.24. The molecule has 8 heteroatoms. The van der Waals surface area contributed by atoms with Crippen LogP contribution >= 0.6 is 0 Å². The molecular weight excluding hydrogens is 254 g/mol. The quantitative estimate of drug-likeness (QED) is 0.656. The Morgan fingerprint density at radius 3 is 2.26 bits per heavy atom. The van der Waals surface area contributed by atoms with Gasteiger partial charge in [0.15, 0.2) is 0 Å². The minimum absolute atomic E-state index is 0.0917. The number of fused-ring (bicyclic) bond motifs is 1. The maximum atomic E-state index is 11.9. The molecule has 1 aromatic heterocycles. The highest BCUT2D eigenvalue weighted by Crippen LogP contribution is 2.29. The number of aryl methyl sites for hydroxylation is 1. The van der Waals surface area contributed by atoms with E-state index in [0.717, 1.165) is 6.07 Å². The van der Waals surface area contributed by atoms with Crippen LogP contribution in [0.5, 0.6) is 0 Å². The molecule has 19 heavy (non-hydrogen) atoms. The summed E-state index contributed by atoms with van der Waals surface area (Å²) in [5, 5.41) is 21.6. The van der Waals surface area contributed by atoms with E-state index in [2.05, 4.69) is 4.98 Å². The molecule has 98 valence electrons. The second-order valence-corrected chi connectivity index (χ2v) is 4.12. The molecule has 0 aliphatic heterocycles. The van der Waals surface area contributed by atoms with E-state index in [0.29, 0.717) is 11.1 Å². The topological polar surface area (TPSA) is 119 Å². The Morgan fingerprint density at radius 2 is 1.74 bits per heavy atom. The normalized spacial score (nSPS) is 10.6. The van der Waals surface area contributed by atoms with E-state index in [-0.39, 0.29) is 16.6 Å². The molecule has 0 spiro atoms. The maximum Gasteiger partial charge on any atom is 0.325 e. The van der Waals surface area contributed by atoms with Crippen molar-refractivity contribution in [1.29, 1.82) is 0 Å². The minimum atomic E-state index is -0.748. The number of nitro benzene ring substituents is 1. The van der Waals surface area contributed by atoms with Gasteiger partial charge in [-0.1, -0.05) is 0 Å². The number of H-pyrrole nitrogens is 1. The standard InChI is InChI=1S/C11H9N3O5/c1-5-3-7-10(11(6(5)2)14(18)19)8(15)4-9(12-7)13(16)17/h3-4H,1-2H3,(H,12,15). The highest BCUT2D eigenvalue weighted by atomic mass is 16.6. The van der Waals surface area contributed by atoms with Crippen molar-refractivity contribution in [2.45, 2.75) is 13.8 Å². The molecule has 0 aliphatic carbocycles. The third-order valence-corrected chi connectivity index (χ3v) is 2.97. The van der Waals surface area contributed by atoms with Gasteiger partial charge in [0.1, 0.15) is 10.9 Å². The number of nitrogens with one attached hydrogen (secondary N) is 1. The van der Waals surface area contributed by atoms with Crippen LogP contribution in [-0.4, -0.2) is 14.8 Å². The van der Waals surface area contributed by atoms with Crippen molar-refractivity contribution in [2.24, 2.45) is 0 Å². The molecule has 0 atom stereocenters. The number of hydrogen-bond donors (Lipinski definition) is 1. The highest BCUT2D eigenvalue weighted by molar-refractivity contribution is 5.90. The Hall–Kier alpha value is -2.77. The van der Waals surface area contributed by atoms with Crippen molar-refractivity contribution in [3.8, 4) is 0 Å². The van der Waals surface area contributed by atoms with Crippen molar-refractivity contribution in [3.05, 3.63) is 53.7 Å². The molecule has 1 aromatic carbocycles. The summed E-state index contributed by atoms with van der Waals surface area (Å²) in [5.41, 5.74) is -0.0115. The summed E-state index contributed by atoms with van der Waals surface area (Å²) >= 11 is 0. The summed E-state index contributed by atoms with van der Waals surface area (Å²) < 4.78 is 0. The van der Waals surface area contributed by atoms with Crippen LogP contribution < -0.4 is 5.43 Å². The smallest absolute Gasteiger partial charge is 0.325 e. The van der Waals surface area contributed by atoms with E-state index < -0.39 is 21.1 Å². The number of rotatable bonds is 2. The fraction of sp³-hybridized carbons (Fsp3) is 0.182. The van der Waals surface area contributed by atoms with Gasteiger partial charge in [-0.2, -0.15) is 0 Å². The molecule has 2 aromatic rings. The number of pyridine rings is 1. The molecule has 0 radical (unpaired) electrons. The summed E-state index contributed by atoms with van der Waals surface area (Å²) in [6.07, 6.45) is 0. The van der Waals surface area contributed by atoms with Crippen molar-refractivity contribution in [3.63, 3.8) is 0 Å². The summed E-state index contributed by atoms with van der Waals surface area (Å²) in [5.74, 6) is -0.491. The van der Waals surface area contributed by atoms with Crippen molar-refractivity contribution in [1.82, 2.24) is 4.98 Å². The number of benzene rings is 1. The Bertz CT molecular complexity index is 778. The first-order chi connectivity index (χ1) is 8.82. The lowest BCUT2D eigenvalue weighted by Gasteiger charge is -2.04. The molecule has 0 saturated heterocycles. The third kappa shape index (κ3) is 1.92. The number of nitro groups is 2. The third-order valence-electron chi connectivity index (χ3n) is 2.97. The molecular formula is C11H9N3O5. The van der Waals surface area contributed by atoms with Gasteiger partial charge in [0.05, 0.1) is 11.0 Å². The molecule has 0 fully saturated rings. The zero-order chi connectivity index (χ0) is 14.3. The van der Waals surface area contributed by atoms with Crippen molar-refractivity contribution < 1.29 is 9.85 Å². The fourth-order valence-corrected chi connectivity index (χ4v) is 1.94. The Kier molecular flexibility index (Phi) is 2.78. The average Bonchev–Trinajstić information content (AvgIpc) is 2.30. The van der Waals surface area contributed by atoms with Gasteiger partial charge in [-0.25, -0.2) is 4.98 Å². The molecule has 0 saturated carbocycles. The van der Waals surface area contributed by atoms with Gasteiger partial charge >= 0.3 is 5.82 Å². The van der Waals surface area contributed by atoms with Crippen LogP contribution in [0, 0.1) is 34.1 Å². The number of aromatic amines is 1. The van der Waals surface area contributed by atoms with Crippen LogP contribution in [-0.2, 0) is 0 Å². The summed E-state index contributed by atoms with van der Waals surface area (Å²) in [4.78, 5) is 34.6. The lowest BCUT2D eigenvalue weighted by atomic mass is 10.0. The van der Waals surface area contributed by atoms with Gasteiger partial charge in [0.25, 0.3) is 5.69 Å². The zero-order valence-corrected chi connectivity index (χ0v) is 10.1. The number of aromatic nitrogens is 1. The predicted octanol–water partition coefficient (Wildman–Crippen LogP) is 1.96. The maximum absolute atomic E-state index is 11.9. The second-order valence-electron chi connectivity index (χ2n) is 4.12. The van der Waals surface area contributed by atoms with Crippen LogP contribution in [0.25, 0.3) is 10.9 Å². The predicted molar refractivity (Wildman–Crippen MR) is 67.4 cm³/mol. The van der Waals surface area contributed by atoms with E-state index in [1.807, 2.05) is 0 Å². The molecule has 0 bridgehead atoms. The number of hydrogen-bond acceptors (Lipinski definition) is 5. The number of nitrogens with zero attached hydrogens (tertiary/aromatic N) is 2. The van der Waals surface area contributed by atoms with Gasteiger partial charge < -0.3 is 10.1 Å². The Morgan fingerprint density at radius 1 is 1.11 bits per heavy atom. The summed E-state index contributed by atoms with van der Waals surface area (Å²) in [6, 6.07) is 2.25. The van der Waals surface area contributed by atoms with Crippen LogP contribution in [0.4, 0.5) is 11.5 Å². The molecule has 0 unspecified atom stereocenters. The van der Waals surface area contributed by atoms with E-state index in [1.165, 1.54) is 13.0 Å². The molecule has 2 rings (SSSR count). The van der Waals surface area contributed by atoms with E-state index in [1.54, 1.807) is 6.92 Å². The van der Waals surface area contributed by atoms with Crippen LogP contribution in [0.1, 0.15) is 11.1 Å². The minimum Gasteiger partial charge on any atom is -0.358 e. The van der Waals surface area contributed by atoms with Gasteiger partial charge in [-0.3, -0.25) is 14.9 Å². The summed E-state index contributed by atoms with van der Waals surface area (Å²) in [6.45, 7) is 3.17. The van der Waals surface area contributed by atoms with Crippen molar-refractivity contribution in [2.75, 3.05) is 0 Å². The van der Waals surface area contributed by atoms with Gasteiger partial charge in [0, 0.05) is 5.56 Å². The van der Waals surface area contributed by atoms with Gasteiger partial charge in [-0.15, -0.1) is 0 Å². The molecule has 1 N–H and O–H groups in total. The Balaban J connectivity index is 3.03. The molecule has 0 aliphatic rings. The lowest BCUT2D eigenvalue weighted by molar-refractivity contribution is -0.389. The average molecular weight is 263 g/mol. The second kappa shape index (κ2) is 4.16. The van der Waals surface area contributed by atoms with E-state index >= 15 is 0 Å². The van der Waals surface area contributed by atoms with Gasteiger partial charge in [-0.05, 0) is 30.4 Å². The van der Waals surface area contributed by atoms with Crippen LogP contribution in [0.2, 0.25) is 0 Å². The first kappa shape index (κ1) is 12.7. The molecule has 8 nitrogen and oxygen atoms in total. The van der Waals surface area contributed by atoms with Crippen LogP contribution in [0.3, 0.4) is 0 Å². The van der Waals surface area contributed by atoms with Crippen molar-refractivity contribution >= 4 is 22.4 Å². The monoisotopic (exact) mass is 263 g/mol. The van der Waals surface area contributed by atoms with Crippen LogP contribution in [0.15, 0.2) is 16.9 Å².